The van der Waals surface area contributed by atoms with Gasteiger partial charge in [0.15, 0.2) is 5.82 Å². The molecule has 29 heavy (non-hydrogen) atoms. The van der Waals surface area contributed by atoms with Gasteiger partial charge < -0.3 is 14.6 Å². The monoisotopic (exact) mass is 394 g/mol. The average molecular weight is 394 g/mol. The van der Waals surface area contributed by atoms with Crippen LogP contribution in [0.25, 0.3) is 0 Å². The SMILES string of the molecule is Cc1ccccc1Oc1ccn(C(CC(C)C)C(=O)Nc2ccn(C)n2)c(=O)c1. The van der Waals surface area contributed by atoms with E-state index in [4.69, 9.17) is 4.74 Å². The number of rotatable bonds is 7. The smallest absolute Gasteiger partial charge is 0.254 e. The van der Waals surface area contributed by atoms with Gasteiger partial charge in [-0.15, -0.1) is 0 Å². The van der Waals surface area contributed by atoms with E-state index >= 15 is 0 Å². The molecule has 0 aliphatic heterocycles. The number of hydrogen-bond donors (Lipinski definition) is 1. The van der Waals surface area contributed by atoms with Crippen LogP contribution in [0, 0.1) is 12.8 Å². The van der Waals surface area contributed by atoms with Crippen molar-refractivity contribution in [2.75, 3.05) is 5.32 Å². The van der Waals surface area contributed by atoms with E-state index in [-0.39, 0.29) is 17.4 Å². The molecule has 0 fully saturated rings. The Hall–Kier alpha value is -3.35. The minimum atomic E-state index is -0.642. The quantitative estimate of drug-likeness (QED) is 0.659. The van der Waals surface area contributed by atoms with Gasteiger partial charge in [0, 0.05) is 31.6 Å². The molecule has 1 amide bonds. The molecule has 7 nitrogen and oxygen atoms in total. The Labute approximate surface area is 169 Å². The number of anilines is 1. The third kappa shape index (κ3) is 5.13. The van der Waals surface area contributed by atoms with Crippen LogP contribution in [0.3, 0.4) is 0 Å². The zero-order chi connectivity index (χ0) is 21.0. The second kappa shape index (κ2) is 8.77. The van der Waals surface area contributed by atoms with Crippen molar-refractivity contribution in [3.05, 3.63) is 70.8 Å². The molecule has 0 radical (unpaired) electrons. The van der Waals surface area contributed by atoms with Crippen molar-refractivity contribution in [3.63, 3.8) is 0 Å². The summed E-state index contributed by atoms with van der Waals surface area (Å²) in [6.07, 6.45) is 3.88. The van der Waals surface area contributed by atoms with E-state index in [0.29, 0.717) is 23.7 Å². The molecule has 1 aromatic carbocycles. The molecule has 1 atom stereocenters. The first-order chi connectivity index (χ1) is 13.8. The van der Waals surface area contributed by atoms with Gasteiger partial charge in [-0.2, -0.15) is 5.10 Å². The van der Waals surface area contributed by atoms with Crippen LogP contribution in [0.2, 0.25) is 0 Å². The van der Waals surface area contributed by atoms with Gasteiger partial charge in [-0.05, 0) is 37.0 Å². The molecule has 2 aromatic heterocycles. The Kier molecular flexibility index (Phi) is 6.16. The Morgan fingerprint density at radius 2 is 1.93 bits per heavy atom. The van der Waals surface area contributed by atoms with Crippen molar-refractivity contribution >= 4 is 11.7 Å². The van der Waals surface area contributed by atoms with Gasteiger partial charge in [0.05, 0.1) is 0 Å². The molecule has 1 N–H and O–H groups in total. The highest BCUT2D eigenvalue weighted by Gasteiger charge is 2.23. The lowest BCUT2D eigenvalue weighted by Crippen LogP contribution is -2.33. The van der Waals surface area contributed by atoms with Crippen LogP contribution in [0.15, 0.2) is 59.7 Å². The molecular formula is C22H26N4O3. The van der Waals surface area contributed by atoms with E-state index in [2.05, 4.69) is 10.4 Å². The molecule has 0 spiro atoms. The predicted molar refractivity (Wildman–Crippen MR) is 112 cm³/mol. The van der Waals surface area contributed by atoms with Crippen LogP contribution < -0.4 is 15.6 Å². The lowest BCUT2D eigenvalue weighted by atomic mass is 10.0. The largest absolute Gasteiger partial charge is 0.457 e. The highest BCUT2D eigenvalue weighted by molar-refractivity contribution is 5.92. The van der Waals surface area contributed by atoms with Gasteiger partial charge in [0.2, 0.25) is 5.91 Å². The van der Waals surface area contributed by atoms with Gasteiger partial charge in [0.1, 0.15) is 17.5 Å². The van der Waals surface area contributed by atoms with Crippen LogP contribution >= 0.6 is 0 Å². The van der Waals surface area contributed by atoms with Crippen LogP contribution in [0.4, 0.5) is 5.82 Å². The molecule has 0 saturated heterocycles. The first kappa shape index (κ1) is 20.4. The molecule has 0 saturated carbocycles. The molecule has 7 heteroatoms. The minimum absolute atomic E-state index is 0.226. The van der Waals surface area contributed by atoms with Crippen LogP contribution in [0.1, 0.15) is 31.9 Å². The van der Waals surface area contributed by atoms with E-state index < -0.39 is 6.04 Å². The molecular weight excluding hydrogens is 368 g/mol. The molecule has 1 unspecified atom stereocenters. The topological polar surface area (TPSA) is 78.2 Å². The van der Waals surface area contributed by atoms with Gasteiger partial charge in [-0.25, -0.2) is 0 Å². The third-order valence-corrected chi connectivity index (χ3v) is 4.54. The standard InChI is InChI=1S/C22H26N4O3/c1-15(2)13-18(22(28)23-20-10-11-25(4)24-20)26-12-9-17(14-21(26)27)29-19-8-6-5-7-16(19)3/h5-12,14-15,18H,13H2,1-4H3,(H,23,24,28). The highest BCUT2D eigenvalue weighted by atomic mass is 16.5. The number of nitrogens with zero attached hydrogens (tertiary/aromatic N) is 3. The van der Waals surface area contributed by atoms with E-state index in [1.807, 2.05) is 45.0 Å². The fraction of sp³-hybridized carbons (Fsp3) is 0.318. The number of carbonyl (C=O) groups is 1. The van der Waals surface area contributed by atoms with Gasteiger partial charge in [-0.3, -0.25) is 14.3 Å². The highest BCUT2D eigenvalue weighted by Crippen LogP contribution is 2.24. The number of amides is 1. The molecule has 0 aliphatic carbocycles. The van der Waals surface area contributed by atoms with Gasteiger partial charge in [-0.1, -0.05) is 32.0 Å². The van der Waals surface area contributed by atoms with Crippen molar-refractivity contribution in [2.24, 2.45) is 13.0 Å². The van der Waals surface area contributed by atoms with E-state index in [9.17, 15) is 9.59 Å². The predicted octanol–water partition coefficient (Wildman–Crippen LogP) is 3.91. The maximum absolute atomic E-state index is 12.9. The van der Waals surface area contributed by atoms with Gasteiger partial charge in [0.25, 0.3) is 5.56 Å². The second-order valence-electron chi connectivity index (χ2n) is 7.48. The summed E-state index contributed by atoms with van der Waals surface area (Å²) in [6, 6.07) is 11.8. The maximum atomic E-state index is 12.9. The molecule has 2 heterocycles. The van der Waals surface area contributed by atoms with Crippen LogP contribution in [0.5, 0.6) is 11.5 Å². The summed E-state index contributed by atoms with van der Waals surface area (Å²) in [5.74, 6) is 1.54. The van der Waals surface area contributed by atoms with Crippen molar-refractivity contribution in [2.45, 2.75) is 33.2 Å². The maximum Gasteiger partial charge on any atom is 0.254 e. The summed E-state index contributed by atoms with van der Waals surface area (Å²) in [7, 11) is 1.78. The fourth-order valence-corrected chi connectivity index (χ4v) is 3.08. The number of hydrogen-bond acceptors (Lipinski definition) is 4. The lowest BCUT2D eigenvalue weighted by Gasteiger charge is -2.21. The lowest BCUT2D eigenvalue weighted by molar-refractivity contribution is -0.119. The van der Waals surface area contributed by atoms with E-state index in [0.717, 1.165) is 5.56 Å². The molecule has 3 aromatic rings. The van der Waals surface area contributed by atoms with Crippen LogP contribution in [-0.2, 0) is 11.8 Å². The second-order valence-corrected chi connectivity index (χ2v) is 7.48. The van der Waals surface area contributed by atoms with Crippen molar-refractivity contribution in [3.8, 4) is 11.5 Å². The number of pyridine rings is 1. The number of aromatic nitrogens is 3. The number of nitrogens with one attached hydrogen (secondary N) is 1. The summed E-state index contributed by atoms with van der Waals surface area (Å²) in [5.41, 5.74) is 0.682. The first-order valence-electron chi connectivity index (χ1n) is 9.59. The zero-order valence-corrected chi connectivity index (χ0v) is 17.1. The number of para-hydroxylation sites is 1. The summed E-state index contributed by atoms with van der Waals surface area (Å²) in [6.45, 7) is 5.97. The zero-order valence-electron chi connectivity index (χ0n) is 17.1. The first-order valence-corrected chi connectivity index (χ1v) is 9.59. The normalized spacial score (nSPS) is 12.0. The third-order valence-electron chi connectivity index (χ3n) is 4.54. The van der Waals surface area contributed by atoms with Crippen molar-refractivity contribution < 1.29 is 9.53 Å². The average Bonchev–Trinajstić information content (AvgIpc) is 3.06. The van der Waals surface area contributed by atoms with E-state index in [1.165, 1.54) is 10.6 Å². The molecule has 3 rings (SSSR count). The van der Waals surface area contributed by atoms with Crippen molar-refractivity contribution in [1.29, 1.82) is 0 Å². The Morgan fingerprint density at radius 1 is 1.17 bits per heavy atom. The molecule has 0 bridgehead atoms. The minimum Gasteiger partial charge on any atom is -0.457 e. The number of benzene rings is 1. The van der Waals surface area contributed by atoms with Crippen molar-refractivity contribution in [1.82, 2.24) is 14.3 Å². The fourth-order valence-electron chi connectivity index (χ4n) is 3.08. The Bertz CT molecular complexity index is 1050. The molecule has 152 valence electrons. The summed E-state index contributed by atoms with van der Waals surface area (Å²) >= 11 is 0. The molecule has 0 aliphatic rings. The van der Waals surface area contributed by atoms with Crippen LogP contribution in [-0.4, -0.2) is 20.3 Å². The summed E-state index contributed by atoms with van der Waals surface area (Å²) in [4.78, 5) is 25.7. The Balaban J connectivity index is 1.84. The summed E-state index contributed by atoms with van der Waals surface area (Å²) < 4.78 is 8.89. The number of carbonyl (C=O) groups excluding carboxylic acids is 1. The number of aryl methyl sites for hydroxylation is 2. The summed E-state index contributed by atoms with van der Waals surface area (Å²) in [5, 5.41) is 6.97. The van der Waals surface area contributed by atoms with E-state index in [1.54, 1.807) is 36.3 Å². The Morgan fingerprint density at radius 3 is 2.55 bits per heavy atom. The number of ether oxygens (including phenoxy) is 1. The van der Waals surface area contributed by atoms with Gasteiger partial charge >= 0.3 is 0 Å².